The van der Waals surface area contributed by atoms with Gasteiger partial charge < -0.3 is 4.52 Å². The fraction of sp³-hybridized carbons (Fsp3) is 0.0714. The quantitative estimate of drug-likeness (QED) is 0.740. The van der Waals surface area contributed by atoms with Gasteiger partial charge in [0.2, 0.25) is 0 Å². The number of aryl methyl sites for hydroxylation is 1. The first-order chi connectivity index (χ1) is 10.8. The predicted molar refractivity (Wildman–Crippen MR) is 86.8 cm³/mol. The third-order valence-electron chi connectivity index (χ3n) is 2.89. The van der Waals surface area contributed by atoms with Crippen molar-refractivity contribution in [2.45, 2.75) is 11.1 Å². The van der Waals surface area contributed by atoms with Crippen molar-refractivity contribution in [3.05, 3.63) is 52.9 Å². The molecule has 5 nitrogen and oxygen atoms in total. The highest BCUT2D eigenvalue weighted by molar-refractivity contribution is 7.94. The molecule has 120 valence electrons. The lowest BCUT2D eigenvalue weighted by atomic mass is 10.3. The zero-order valence-electron chi connectivity index (χ0n) is 11.7. The number of rotatable bonds is 4. The van der Waals surface area contributed by atoms with Gasteiger partial charge in [0, 0.05) is 6.07 Å². The number of nitrogens with one attached hydrogen (secondary N) is 1. The molecule has 1 aromatic carbocycles. The third kappa shape index (κ3) is 3.39. The molecule has 0 aliphatic rings. The maximum atomic E-state index is 13.0. The van der Waals surface area contributed by atoms with Crippen LogP contribution in [0.5, 0.6) is 0 Å². The summed E-state index contributed by atoms with van der Waals surface area (Å²) < 4.78 is 45.3. The van der Waals surface area contributed by atoms with Gasteiger partial charge in [-0.3, -0.25) is 4.72 Å². The lowest BCUT2D eigenvalue weighted by Gasteiger charge is -2.07. The van der Waals surface area contributed by atoms with Crippen molar-refractivity contribution in [2.24, 2.45) is 0 Å². The van der Waals surface area contributed by atoms with Crippen LogP contribution in [0.15, 0.2) is 45.1 Å². The molecule has 0 saturated carbocycles. The highest BCUT2D eigenvalue weighted by Gasteiger charge is 2.20. The summed E-state index contributed by atoms with van der Waals surface area (Å²) in [5, 5.41) is 3.75. The molecule has 0 aliphatic carbocycles. The van der Waals surface area contributed by atoms with Gasteiger partial charge in [-0.05, 0) is 37.3 Å². The number of thiophene rings is 1. The first-order valence-corrected chi connectivity index (χ1v) is 9.04. The van der Waals surface area contributed by atoms with E-state index < -0.39 is 15.8 Å². The Morgan fingerprint density at radius 2 is 2.04 bits per heavy atom. The Hall–Kier alpha value is -1.90. The molecule has 0 saturated heterocycles. The molecule has 1 N–H and O–H groups in total. The van der Waals surface area contributed by atoms with Gasteiger partial charge in [-0.1, -0.05) is 16.8 Å². The zero-order chi connectivity index (χ0) is 16.6. The molecular formula is C14H10ClFN2O3S2. The van der Waals surface area contributed by atoms with E-state index in [2.05, 4.69) is 9.88 Å². The smallest absolute Gasteiger partial charge is 0.271 e. The summed E-state index contributed by atoms with van der Waals surface area (Å²) in [4.78, 5) is 0.635. The van der Waals surface area contributed by atoms with Crippen LogP contribution in [0.25, 0.3) is 10.6 Å². The molecule has 0 spiro atoms. The van der Waals surface area contributed by atoms with Gasteiger partial charge in [0.25, 0.3) is 10.0 Å². The van der Waals surface area contributed by atoms with Crippen molar-refractivity contribution in [3.63, 3.8) is 0 Å². The number of anilines is 1. The van der Waals surface area contributed by atoms with Crippen LogP contribution in [0.4, 0.5) is 10.1 Å². The fourth-order valence-electron chi connectivity index (χ4n) is 1.84. The number of hydrogen-bond acceptors (Lipinski definition) is 5. The summed E-state index contributed by atoms with van der Waals surface area (Å²) in [5.41, 5.74) is 0.813. The van der Waals surface area contributed by atoms with E-state index in [1.165, 1.54) is 12.1 Å². The van der Waals surface area contributed by atoms with Crippen molar-refractivity contribution in [2.75, 3.05) is 4.72 Å². The van der Waals surface area contributed by atoms with E-state index in [4.69, 9.17) is 16.1 Å². The molecule has 0 aliphatic heterocycles. The average Bonchev–Trinajstić information content (AvgIpc) is 3.10. The molecular weight excluding hydrogens is 363 g/mol. The van der Waals surface area contributed by atoms with Gasteiger partial charge in [0.15, 0.2) is 5.76 Å². The molecule has 0 bridgehead atoms. The van der Waals surface area contributed by atoms with Crippen LogP contribution < -0.4 is 4.72 Å². The third-order valence-corrected chi connectivity index (χ3v) is 6.16. The van der Waals surface area contributed by atoms with E-state index >= 15 is 0 Å². The number of benzene rings is 1. The fourth-order valence-corrected chi connectivity index (χ4v) is 4.45. The molecule has 0 amide bonds. The molecule has 3 aromatic rings. The lowest BCUT2D eigenvalue weighted by Crippen LogP contribution is -2.11. The van der Waals surface area contributed by atoms with Crippen LogP contribution in [0, 0.1) is 12.7 Å². The molecule has 3 rings (SSSR count). The second kappa shape index (κ2) is 5.95. The SMILES string of the molecule is Cc1cc(-c2ccc(S(=O)(=O)Nc3ccc(F)cc3Cl)s2)on1. The highest BCUT2D eigenvalue weighted by Crippen LogP contribution is 2.33. The number of halogens is 2. The van der Waals surface area contributed by atoms with Gasteiger partial charge in [0.1, 0.15) is 10.0 Å². The Balaban J connectivity index is 1.89. The Labute approximate surface area is 140 Å². The highest BCUT2D eigenvalue weighted by atomic mass is 35.5. The number of sulfonamides is 1. The zero-order valence-corrected chi connectivity index (χ0v) is 14.1. The molecule has 0 fully saturated rings. The van der Waals surface area contributed by atoms with Crippen LogP contribution in [0.3, 0.4) is 0 Å². The molecule has 0 atom stereocenters. The van der Waals surface area contributed by atoms with Gasteiger partial charge in [-0.25, -0.2) is 12.8 Å². The minimum absolute atomic E-state index is 0.0174. The summed E-state index contributed by atoms with van der Waals surface area (Å²) >= 11 is 6.87. The van der Waals surface area contributed by atoms with E-state index in [1.54, 1.807) is 19.1 Å². The van der Waals surface area contributed by atoms with Gasteiger partial charge in [-0.15, -0.1) is 11.3 Å². The van der Waals surface area contributed by atoms with E-state index in [9.17, 15) is 12.8 Å². The van der Waals surface area contributed by atoms with Crippen LogP contribution in [-0.4, -0.2) is 13.6 Å². The van der Waals surface area contributed by atoms with Crippen LogP contribution >= 0.6 is 22.9 Å². The van der Waals surface area contributed by atoms with Crippen molar-refractivity contribution in [3.8, 4) is 10.6 Å². The Morgan fingerprint density at radius 3 is 2.70 bits per heavy atom. The Morgan fingerprint density at radius 1 is 1.26 bits per heavy atom. The van der Waals surface area contributed by atoms with E-state index in [0.717, 1.165) is 23.5 Å². The van der Waals surface area contributed by atoms with E-state index in [1.807, 2.05) is 0 Å². The predicted octanol–water partition coefficient (Wildman–Crippen LogP) is 4.30. The number of nitrogens with zero attached hydrogens (tertiary/aromatic N) is 1. The first kappa shape index (κ1) is 16.0. The van der Waals surface area contributed by atoms with Crippen LogP contribution in [0.1, 0.15) is 5.69 Å². The minimum atomic E-state index is -3.83. The van der Waals surface area contributed by atoms with Crippen molar-refractivity contribution in [1.29, 1.82) is 0 Å². The largest absolute Gasteiger partial charge is 0.355 e. The molecule has 0 unspecified atom stereocenters. The summed E-state index contributed by atoms with van der Waals surface area (Å²) in [6.45, 7) is 1.77. The molecule has 0 radical (unpaired) electrons. The second-order valence-corrected chi connectivity index (χ2v) is 8.08. The molecule has 9 heteroatoms. The molecule has 2 aromatic heterocycles. The first-order valence-electron chi connectivity index (χ1n) is 6.36. The second-order valence-electron chi connectivity index (χ2n) is 4.68. The van der Waals surface area contributed by atoms with Crippen molar-refractivity contribution >= 4 is 38.6 Å². The number of hydrogen-bond donors (Lipinski definition) is 1. The summed E-state index contributed by atoms with van der Waals surface area (Å²) in [7, 11) is -3.83. The lowest BCUT2D eigenvalue weighted by molar-refractivity contribution is 0.428. The molecule has 23 heavy (non-hydrogen) atoms. The normalized spacial score (nSPS) is 11.6. The van der Waals surface area contributed by atoms with Gasteiger partial charge >= 0.3 is 0 Å². The van der Waals surface area contributed by atoms with Crippen molar-refractivity contribution in [1.82, 2.24) is 5.16 Å². The summed E-state index contributed by atoms with van der Waals surface area (Å²) in [5.74, 6) is -0.0502. The average molecular weight is 373 g/mol. The van der Waals surface area contributed by atoms with Crippen molar-refractivity contribution < 1.29 is 17.3 Å². The van der Waals surface area contributed by atoms with E-state index in [-0.39, 0.29) is 14.9 Å². The monoisotopic (exact) mass is 372 g/mol. The Bertz CT molecular complexity index is 966. The Kier molecular flexibility index (Phi) is 4.13. The van der Waals surface area contributed by atoms with Crippen LogP contribution in [0.2, 0.25) is 5.02 Å². The minimum Gasteiger partial charge on any atom is -0.355 e. The molecule has 2 heterocycles. The summed E-state index contributed by atoms with van der Waals surface area (Å²) in [6, 6.07) is 8.23. The van der Waals surface area contributed by atoms with Crippen LogP contribution in [-0.2, 0) is 10.0 Å². The maximum absolute atomic E-state index is 13.0. The van der Waals surface area contributed by atoms with Gasteiger partial charge in [0.05, 0.1) is 21.3 Å². The summed E-state index contributed by atoms with van der Waals surface area (Å²) in [6.07, 6.45) is 0. The van der Waals surface area contributed by atoms with E-state index in [0.29, 0.717) is 16.3 Å². The standard InChI is InChI=1S/C14H10ClFN2O3S2/c1-8-6-12(21-17-8)13-4-5-14(22-13)23(19,20)18-11-3-2-9(16)7-10(11)15/h2-7,18H,1H3. The topological polar surface area (TPSA) is 72.2 Å². The maximum Gasteiger partial charge on any atom is 0.271 e. The number of aromatic nitrogens is 1. The van der Waals surface area contributed by atoms with Gasteiger partial charge in [-0.2, -0.15) is 0 Å².